The standard InChI is InChI=1S/C63H46N2/c1-63(2)61-55-36-18-16-34-53(55)59(65(48-29-13-6-14-30-48)50-32-20-26-46(40-50)44-23-9-4-10-24-44)42-58(61)60-54-35-17-15-33-52(54)57-41-51(37-38-56(57)62(60)63)64(47-27-11-5-12-28-47)49-31-19-25-45(39-49)43-21-7-3-8-22-43/h3-42H,1-2H3. The van der Waals surface area contributed by atoms with Crippen molar-refractivity contribution in [2.24, 2.45) is 0 Å². The van der Waals surface area contributed by atoms with Gasteiger partial charge in [0.15, 0.2) is 0 Å². The lowest BCUT2D eigenvalue weighted by Gasteiger charge is -2.30. The van der Waals surface area contributed by atoms with Gasteiger partial charge in [-0.05, 0) is 138 Å². The topological polar surface area (TPSA) is 6.48 Å². The van der Waals surface area contributed by atoms with Crippen molar-refractivity contribution in [2.75, 3.05) is 9.80 Å². The van der Waals surface area contributed by atoms with Crippen molar-refractivity contribution in [3.05, 3.63) is 254 Å². The molecule has 0 aromatic heterocycles. The Labute approximate surface area is 380 Å². The van der Waals surface area contributed by atoms with Crippen LogP contribution in [0.15, 0.2) is 243 Å². The maximum Gasteiger partial charge on any atom is 0.0546 e. The van der Waals surface area contributed by atoms with Crippen LogP contribution in [0.2, 0.25) is 0 Å². The molecular formula is C63H46N2. The summed E-state index contributed by atoms with van der Waals surface area (Å²) in [5, 5.41) is 7.58. The number of hydrogen-bond donors (Lipinski definition) is 0. The highest BCUT2D eigenvalue weighted by atomic mass is 15.1. The summed E-state index contributed by atoms with van der Waals surface area (Å²) in [4.78, 5) is 4.86. The molecular weight excluding hydrogens is 785 g/mol. The molecule has 0 fully saturated rings. The van der Waals surface area contributed by atoms with Gasteiger partial charge in [0.1, 0.15) is 0 Å². The summed E-state index contributed by atoms with van der Waals surface area (Å²) >= 11 is 0. The molecule has 0 saturated heterocycles. The molecule has 0 aliphatic heterocycles. The molecule has 0 radical (unpaired) electrons. The van der Waals surface area contributed by atoms with E-state index in [4.69, 9.17) is 0 Å². The second kappa shape index (κ2) is 15.6. The number of fused-ring (bicyclic) bond motifs is 10. The van der Waals surface area contributed by atoms with Gasteiger partial charge in [0, 0.05) is 39.2 Å². The monoisotopic (exact) mass is 830 g/mol. The fourth-order valence-electron chi connectivity index (χ4n) is 10.7. The van der Waals surface area contributed by atoms with Crippen LogP contribution < -0.4 is 9.80 Å². The molecule has 0 heterocycles. The summed E-state index contributed by atoms with van der Waals surface area (Å²) in [6.07, 6.45) is 0. The summed E-state index contributed by atoms with van der Waals surface area (Å²) < 4.78 is 0. The van der Waals surface area contributed by atoms with E-state index in [0.29, 0.717) is 0 Å². The van der Waals surface area contributed by atoms with Crippen LogP contribution in [0.5, 0.6) is 0 Å². The Morgan fingerprint density at radius 1 is 0.277 bits per heavy atom. The van der Waals surface area contributed by atoms with E-state index in [9.17, 15) is 0 Å². The van der Waals surface area contributed by atoms with Crippen LogP contribution in [0.1, 0.15) is 25.0 Å². The van der Waals surface area contributed by atoms with Crippen molar-refractivity contribution in [2.45, 2.75) is 19.3 Å². The highest BCUT2D eigenvalue weighted by molar-refractivity contribution is 6.21. The molecule has 11 aromatic carbocycles. The first-order chi connectivity index (χ1) is 32.0. The van der Waals surface area contributed by atoms with E-state index in [0.717, 1.165) is 34.1 Å². The molecule has 0 bridgehead atoms. The minimum Gasteiger partial charge on any atom is -0.310 e. The van der Waals surface area contributed by atoms with Gasteiger partial charge in [-0.15, -0.1) is 0 Å². The third-order valence-corrected chi connectivity index (χ3v) is 13.5. The fourth-order valence-corrected chi connectivity index (χ4v) is 10.7. The predicted molar refractivity (Wildman–Crippen MR) is 277 cm³/mol. The summed E-state index contributed by atoms with van der Waals surface area (Å²) in [6, 6.07) is 88.7. The first kappa shape index (κ1) is 38.5. The number of hydrogen-bond acceptors (Lipinski definition) is 2. The van der Waals surface area contributed by atoms with Crippen molar-refractivity contribution < 1.29 is 0 Å². The molecule has 1 aliphatic rings. The number of para-hydroxylation sites is 2. The Kier molecular flexibility index (Phi) is 9.21. The molecule has 308 valence electrons. The normalized spacial score (nSPS) is 12.6. The van der Waals surface area contributed by atoms with Crippen molar-refractivity contribution in [3.8, 4) is 33.4 Å². The summed E-state index contributed by atoms with van der Waals surface area (Å²) in [7, 11) is 0. The molecule has 0 spiro atoms. The average molecular weight is 831 g/mol. The minimum atomic E-state index is -0.305. The van der Waals surface area contributed by atoms with E-state index in [-0.39, 0.29) is 5.41 Å². The molecule has 0 unspecified atom stereocenters. The third kappa shape index (κ3) is 6.40. The van der Waals surface area contributed by atoms with Crippen molar-refractivity contribution in [1.82, 2.24) is 0 Å². The highest BCUT2D eigenvalue weighted by Gasteiger charge is 2.41. The van der Waals surface area contributed by atoms with Gasteiger partial charge < -0.3 is 9.80 Å². The van der Waals surface area contributed by atoms with E-state index in [1.807, 2.05) is 0 Å². The maximum atomic E-state index is 2.50. The fraction of sp³-hybridized carbons (Fsp3) is 0.0476. The van der Waals surface area contributed by atoms with Gasteiger partial charge in [-0.1, -0.05) is 190 Å². The largest absolute Gasteiger partial charge is 0.310 e. The number of benzene rings is 11. The SMILES string of the molecule is CC1(C)c2c(cc(N(c3ccccc3)c3cccc(-c4ccccc4)c3)c3ccccc23)-c2c1c1ccc(N(c3ccccc3)c3cccc(-c4ccccc4)c3)cc1c1ccccc21. The number of rotatable bonds is 8. The van der Waals surface area contributed by atoms with Gasteiger partial charge in [-0.25, -0.2) is 0 Å². The molecule has 12 rings (SSSR count). The zero-order chi connectivity index (χ0) is 43.5. The lowest BCUT2D eigenvalue weighted by molar-refractivity contribution is 0.672. The molecule has 1 aliphatic carbocycles. The first-order valence-electron chi connectivity index (χ1n) is 22.6. The van der Waals surface area contributed by atoms with Gasteiger partial charge in [-0.3, -0.25) is 0 Å². The zero-order valence-corrected chi connectivity index (χ0v) is 36.5. The van der Waals surface area contributed by atoms with E-state index in [2.05, 4.69) is 266 Å². The van der Waals surface area contributed by atoms with Crippen LogP contribution in [0.4, 0.5) is 34.1 Å². The Morgan fingerprint density at radius 3 is 1.31 bits per heavy atom. The lowest BCUT2D eigenvalue weighted by atomic mass is 9.77. The van der Waals surface area contributed by atoms with Crippen LogP contribution in [-0.4, -0.2) is 0 Å². The second-order valence-electron chi connectivity index (χ2n) is 17.7. The Hall–Kier alpha value is -8.20. The Balaban J connectivity index is 1.09. The highest BCUT2D eigenvalue weighted by Crippen LogP contribution is 2.59. The van der Waals surface area contributed by atoms with E-state index in [1.165, 1.54) is 76.8 Å². The molecule has 2 heteroatoms. The molecule has 0 N–H and O–H groups in total. The van der Waals surface area contributed by atoms with Crippen LogP contribution in [0.25, 0.3) is 65.7 Å². The predicted octanol–water partition coefficient (Wildman–Crippen LogP) is 17.7. The van der Waals surface area contributed by atoms with Crippen molar-refractivity contribution in [1.29, 1.82) is 0 Å². The lowest BCUT2D eigenvalue weighted by Crippen LogP contribution is -2.17. The van der Waals surface area contributed by atoms with Gasteiger partial charge in [0.25, 0.3) is 0 Å². The average Bonchev–Trinajstić information content (AvgIpc) is 3.62. The molecule has 65 heavy (non-hydrogen) atoms. The minimum absolute atomic E-state index is 0.305. The molecule has 0 saturated carbocycles. The third-order valence-electron chi connectivity index (χ3n) is 13.5. The second-order valence-corrected chi connectivity index (χ2v) is 17.7. The van der Waals surface area contributed by atoms with Gasteiger partial charge in [-0.2, -0.15) is 0 Å². The van der Waals surface area contributed by atoms with Crippen molar-refractivity contribution >= 4 is 66.4 Å². The summed E-state index contributed by atoms with van der Waals surface area (Å²) in [5.41, 5.74) is 16.6. The smallest absolute Gasteiger partial charge is 0.0546 e. The van der Waals surface area contributed by atoms with Gasteiger partial charge in [0.2, 0.25) is 0 Å². The molecule has 11 aromatic rings. The van der Waals surface area contributed by atoms with Crippen LogP contribution >= 0.6 is 0 Å². The Morgan fingerprint density at radius 2 is 0.708 bits per heavy atom. The number of anilines is 6. The quantitative estimate of drug-likeness (QED) is 0.141. The zero-order valence-electron chi connectivity index (χ0n) is 36.5. The summed E-state index contributed by atoms with van der Waals surface area (Å²) in [6.45, 7) is 4.88. The number of nitrogens with zero attached hydrogens (tertiary/aromatic N) is 2. The van der Waals surface area contributed by atoms with E-state index in [1.54, 1.807) is 0 Å². The Bertz CT molecular complexity index is 3560. The van der Waals surface area contributed by atoms with Crippen molar-refractivity contribution in [3.63, 3.8) is 0 Å². The summed E-state index contributed by atoms with van der Waals surface area (Å²) in [5.74, 6) is 0. The molecule has 2 nitrogen and oxygen atoms in total. The van der Waals surface area contributed by atoms with Crippen LogP contribution in [0, 0.1) is 0 Å². The maximum absolute atomic E-state index is 2.50. The van der Waals surface area contributed by atoms with E-state index >= 15 is 0 Å². The van der Waals surface area contributed by atoms with Gasteiger partial charge in [0.05, 0.1) is 5.69 Å². The molecule has 0 atom stereocenters. The van der Waals surface area contributed by atoms with Crippen LogP contribution in [-0.2, 0) is 5.41 Å². The van der Waals surface area contributed by atoms with E-state index < -0.39 is 0 Å². The van der Waals surface area contributed by atoms with Gasteiger partial charge >= 0.3 is 0 Å². The first-order valence-corrected chi connectivity index (χ1v) is 22.6. The van der Waals surface area contributed by atoms with Crippen LogP contribution in [0.3, 0.4) is 0 Å². The molecule has 0 amide bonds.